The monoisotopic (exact) mass is 310 g/mol. The first kappa shape index (κ1) is 15.1. The molecule has 0 spiro atoms. The number of carbonyl (C=O) groups is 1. The number of aryl methyl sites for hydroxylation is 1. The highest BCUT2D eigenvalue weighted by Gasteiger charge is 2.15. The maximum absolute atomic E-state index is 12.6. The van der Waals surface area contributed by atoms with Crippen LogP contribution in [-0.2, 0) is 0 Å². The van der Waals surface area contributed by atoms with E-state index in [0.29, 0.717) is 17.0 Å². The summed E-state index contributed by atoms with van der Waals surface area (Å²) in [6.07, 6.45) is 0. The molecule has 23 heavy (non-hydrogen) atoms. The highest BCUT2D eigenvalue weighted by atomic mass is 16.5. The zero-order chi connectivity index (χ0) is 16.2. The summed E-state index contributed by atoms with van der Waals surface area (Å²) >= 11 is 0. The van der Waals surface area contributed by atoms with Gasteiger partial charge in [-0.2, -0.15) is 0 Å². The van der Waals surface area contributed by atoms with E-state index < -0.39 is 0 Å². The number of aromatic nitrogens is 1. The Bertz CT molecular complexity index is 822. The molecule has 1 heterocycles. The zero-order valence-corrected chi connectivity index (χ0v) is 12.8. The number of benzene rings is 2. The van der Waals surface area contributed by atoms with E-state index >= 15 is 0 Å². The first-order valence-corrected chi connectivity index (χ1v) is 7.41. The summed E-state index contributed by atoms with van der Waals surface area (Å²) in [6, 6.07) is 14.8. The van der Waals surface area contributed by atoms with Crippen LogP contribution in [0, 0.1) is 6.92 Å². The van der Waals surface area contributed by atoms with Crippen molar-refractivity contribution in [3.05, 3.63) is 59.8 Å². The molecule has 3 rings (SSSR count). The summed E-state index contributed by atoms with van der Waals surface area (Å²) in [4.78, 5) is 15.8. The molecule has 0 saturated carbocycles. The van der Waals surface area contributed by atoms with E-state index in [2.05, 4.69) is 10.3 Å². The molecule has 0 aliphatic rings. The maximum Gasteiger partial charge on any atom is 0.258 e. The Labute approximate surface area is 133 Å². The van der Waals surface area contributed by atoms with Crippen LogP contribution in [-0.4, -0.2) is 29.2 Å². The van der Waals surface area contributed by atoms with Gasteiger partial charge in [0.15, 0.2) is 0 Å². The number of ether oxygens (including phenoxy) is 1. The number of aromatic amines is 1. The number of rotatable bonds is 5. The van der Waals surface area contributed by atoms with Crippen LogP contribution in [0.1, 0.15) is 16.1 Å². The van der Waals surface area contributed by atoms with E-state index in [-0.39, 0.29) is 19.1 Å². The Morgan fingerprint density at radius 2 is 1.91 bits per heavy atom. The highest BCUT2D eigenvalue weighted by Crippen LogP contribution is 2.23. The van der Waals surface area contributed by atoms with Gasteiger partial charge in [0.25, 0.3) is 5.91 Å². The van der Waals surface area contributed by atoms with Crippen molar-refractivity contribution in [1.29, 1.82) is 0 Å². The first-order valence-electron chi connectivity index (χ1n) is 7.41. The van der Waals surface area contributed by atoms with Gasteiger partial charge in [0.2, 0.25) is 0 Å². The van der Waals surface area contributed by atoms with E-state index in [1.165, 1.54) is 0 Å². The average Bonchev–Trinajstić information content (AvgIpc) is 2.90. The summed E-state index contributed by atoms with van der Waals surface area (Å²) in [6.45, 7) is 2.11. The lowest BCUT2D eigenvalue weighted by molar-refractivity contribution is 0.102. The molecular formula is C18H18N2O3. The predicted octanol–water partition coefficient (Wildman–Crippen LogP) is 3.10. The third-order valence-corrected chi connectivity index (χ3v) is 3.59. The minimum Gasteiger partial charge on any atom is -0.491 e. The number of hydrogen-bond acceptors (Lipinski definition) is 3. The second-order valence-electron chi connectivity index (χ2n) is 5.22. The number of H-pyrrole nitrogens is 1. The van der Waals surface area contributed by atoms with Gasteiger partial charge in [-0.3, -0.25) is 4.79 Å². The average molecular weight is 310 g/mol. The van der Waals surface area contributed by atoms with Crippen LogP contribution in [0.3, 0.4) is 0 Å². The number of anilines is 1. The normalized spacial score (nSPS) is 10.7. The molecule has 0 saturated heterocycles. The SMILES string of the molecule is Cc1[nH]c2ccccc2c1C(=O)Nc1ccc(OCCO)cc1. The molecule has 5 heteroatoms. The van der Waals surface area contributed by atoms with E-state index in [4.69, 9.17) is 9.84 Å². The third kappa shape index (κ3) is 3.19. The fraction of sp³-hybridized carbons (Fsp3) is 0.167. The lowest BCUT2D eigenvalue weighted by atomic mass is 10.1. The van der Waals surface area contributed by atoms with Crippen molar-refractivity contribution in [1.82, 2.24) is 4.98 Å². The van der Waals surface area contributed by atoms with E-state index in [1.54, 1.807) is 24.3 Å². The molecule has 5 nitrogen and oxygen atoms in total. The quantitative estimate of drug-likeness (QED) is 0.678. The number of para-hydroxylation sites is 1. The van der Waals surface area contributed by atoms with Crippen LogP contribution < -0.4 is 10.1 Å². The van der Waals surface area contributed by atoms with Gasteiger partial charge in [0, 0.05) is 22.3 Å². The van der Waals surface area contributed by atoms with Gasteiger partial charge < -0.3 is 20.1 Å². The number of hydrogen-bond donors (Lipinski definition) is 3. The Morgan fingerprint density at radius 3 is 2.65 bits per heavy atom. The maximum atomic E-state index is 12.6. The fourth-order valence-corrected chi connectivity index (χ4v) is 2.56. The Morgan fingerprint density at radius 1 is 1.17 bits per heavy atom. The largest absolute Gasteiger partial charge is 0.491 e. The molecule has 0 fully saturated rings. The number of carbonyl (C=O) groups excluding carboxylic acids is 1. The van der Waals surface area contributed by atoms with Crippen molar-refractivity contribution in [3.63, 3.8) is 0 Å². The molecule has 0 aliphatic heterocycles. The topological polar surface area (TPSA) is 74.4 Å². The standard InChI is InChI=1S/C18H18N2O3/c1-12-17(15-4-2-3-5-16(15)19-12)18(22)20-13-6-8-14(9-7-13)23-11-10-21/h2-9,19,21H,10-11H2,1H3,(H,20,22). The third-order valence-electron chi connectivity index (χ3n) is 3.59. The minimum atomic E-state index is -0.149. The molecule has 0 unspecified atom stereocenters. The smallest absolute Gasteiger partial charge is 0.258 e. The number of aliphatic hydroxyl groups excluding tert-OH is 1. The summed E-state index contributed by atoms with van der Waals surface area (Å²) < 4.78 is 5.30. The van der Waals surface area contributed by atoms with Gasteiger partial charge in [-0.05, 0) is 37.3 Å². The molecule has 3 N–H and O–H groups in total. The van der Waals surface area contributed by atoms with Gasteiger partial charge in [-0.15, -0.1) is 0 Å². The van der Waals surface area contributed by atoms with Gasteiger partial charge in [-0.25, -0.2) is 0 Å². The van der Waals surface area contributed by atoms with Crippen molar-refractivity contribution in [2.24, 2.45) is 0 Å². The lowest BCUT2D eigenvalue weighted by Crippen LogP contribution is -2.12. The second-order valence-corrected chi connectivity index (χ2v) is 5.22. The molecule has 0 bridgehead atoms. The van der Waals surface area contributed by atoms with Crippen LogP contribution in [0.25, 0.3) is 10.9 Å². The number of amides is 1. The Balaban J connectivity index is 1.79. The second kappa shape index (κ2) is 6.54. The number of fused-ring (bicyclic) bond motifs is 1. The fourth-order valence-electron chi connectivity index (χ4n) is 2.56. The molecule has 118 valence electrons. The van der Waals surface area contributed by atoms with E-state index in [1.807, 2.05) is 31.2 Å². The first-order chi connectivity index (χ1) is 11.2. The summed E-state index contributed by atoms with van der Waals surface area (Å²) in [5.74, 6) is 0.504. The summed E-state index contributed by atoms with van der Waals surface area (Å²) in [7, 11) is 0. The van der Waals surface area contributed by atoms with Gasteiger partial charge >= 0.3 is 0 Å². The van der Waals surface area contributed by atoms with Crippen molar-refractivity contribution in [2.45, 2.75) is 6.92 Å². The van der Waals surface area contributed by atoms with Crippen LogP contribution in [0.4, 0.5) is 5.69 Å². The number of aliphatic hydroxyl groups is 1. The molecule has 1 aromatic heterocycles. The summed E-state index contributed by atoms with van der Waals surface area (Å²) in [5, 5.41) is 12.5. The highest BCUT2D eigenvalue weighted by molar-refractivity contribution is 6.13. The van der Waals surface area contributed by atoms with Crippen molar-refractivity contribution < 1.29 is 14.6 Å². The van der Waals surface area contributed by atoms with Gasteiger partial charge in [0.05, 0.1) is 12.2 Å². The Kier molecular flexibility index (Phi) is 4.30. The zero-order valence-electron chi connectivity index (χ0n) is 12.8. The molecule has 2 aromatic carbocycles. The predicted molar refractivity (Wildman–Crippen MR) is 90.0 cm³/mol. The molecule has 0 aliphatic carbocycles. The van der Waals surface area contributed by atoms with E-state index in [9.17, 15) is 4.79 Å². The van der Waals surface area contributed by atoms with Crippen LogP contribution in [0.5, 0.6) is 5.75 Å². The molecule has 1 amide bonds. The van der Waals surface area contributed by atoms with Crippen molar-refractivity contribution in [2.75, 3.05) is 18.5 Å². The van der Waals surface area contributed by atoms with Crippen LogP contribution in [0.2, 0.25) is 0 Å². The number of nitrogens with one attached hydrogen (secondary N) is 2. The van der Waals surface area contributed by atoms with Gasteiger partial charge in [0.1, 0.15) is 12.4 Å². The molecule has 3 aromatic rings. The molecular weight excluding hydrogens is 292 g/mol. The van der Waals surface area contributed by atoms with E-state index in [0.717, 1.165) is 16.6 Å². The summed E-state index contributed by atoms with van der Waals surface area (Å²) in [5.41, 5.74) is 3.13. The van der Waals surface area contributed by atoms with Crippen LogP contribution in [0.15, 0.2) is 48.5 Å². The minimum absolute atomic E-state index is 0.0294. The van der Waals surface area contributed by atoms with Crippen molar-refractivity contribution in [3.8, 4) is 5.75 Å². The van der Waals surface area contributed by atoms with Crippen molar-refractivity contribution >= 4 is 22.5 Å². The lowest BCUT2D eigenvalue weighted by Gasteiger charge is -2.08. The molecule has 0 radical (unpaired) electrons. The van der Waals surface area contributed by atoms with Gasteiger partial charge in [-0.1, -0.05) is 18.2 Å². The Hall–Kier alpha value is -2.79. The molecule has 0 atom stereocenters. The van der Waals surface area contributed by atoms with Crippen LogP contribution >= 0.6 is 0 Å².